The maximum atomic E-state index is 6.42. The van der Waals surface area contributed by atoms with Gasteiger partial charge in [0.15, 0.2) is 0 Å². The zero-order chi connectivity index (χ0) is 19.2. The molecule has 0 fully saturated rings. The van der Waals surface area contributed by atoms with Gasteiger partial charge in [-0.15, -0.1) is 0 Å². The van der Waals surface area contributed by atoms with Crippen LogP contribution < -0.4 is 10.1 Å². The summed E-state index contributed by atoms with van der Waals surface area (Å²) in [6, 6.07) is 22.4. The van der Waals surface area contributed by atoms with Gasteiger partial charge in [-0.2, -0.15) is 0 Å². The molecule has 3 aromatic carbocycles. The summed E-state index contributed by atoms with van der Waals surface area (Å²) in [5.41, 5.74) is 4.50. The molecule has 0 bridgehead atoms. The maximum absolute atomic E-state index is 6.42. The monoisotopic (exact) mass is 399 g/mol. The molecule has 0 spiro atoms. The largest absolute Gasteiger partial charge is 0.487 e. The normalized spacial score (nSPS) is 12.0. The Morgan fingerprint density at radius 3 is 2.37 bits per heavy atom. The molecule has 0 aliphatic carbocycles. The molecular formula is C23H23Cl2NO. The molecule has 0 aromatic heterocycles. The van der Waals surface area contributed by atoms with Crippen LogP contribution in [0, 0.1) is 6.92 Å². The fourth-order valence-electron chi connectivity index (χ4n) is 2.87. The second kappa shape index (κ2) is 9.27. The van der Waals surface area contributed by atoms with Crippen molar-refractivity contribution in [3.05, 3.63) is 99.0 Å². The SMILES string of the molecule is Cc1ccc(COc2c(Cl)cc(Cl)cc2CNC(C)c2ccccc2)cc1. The van der Waals surface area contributed by atoms with E-state index in [0.717, 1.165) is 11.1 Å². The summed E-state index contributed by atoms with van der Waals surface area (Å²) in [4.78, 5) is 0. The second-order valence-corrected chi connectivity index (χ2v) is 7.51. The van der Waals surface area contributed by atoms with E-state index in [2.05, 4.69) is 55.6 Å². The van der Waals surface area contributed by atoms with Crippen molar-refractivity contribution in [3.8, 4) is 5.75 Å². The Bertz CT molecular complexity index is 879. The fourth-order valence-corrected chi connectivity index (χ4v) is 3.46. The summed E-state index contributed by atoms with van der Waals surface area (Å²) in [5.74, 6) is 0.675. The lowest BCUT2D eigenvalue weighted by atomic mass is 10.1. The van der Waals surface area contributed by atoms with Crippen LogP contribution in [0.15, 0.2) is 66.7 Å². The molecule has 1 atom stereocenters. The lowest BCUT2D eigenvalue weighted by molar-refractivity contribution is 0.302. The minimum Gasteiger partial charge on any atom is -0.487 e. The summed E-state index contributed by atoms with van der Waals surface area (Å²) >= 11 is 12.6. The lowest BCUT2D eigenvalue weighted by Gasteiger charge is -2.18. The molecule has 140 valence electrons. The third kappa shape index (κ3) is 5.49. The van der Waals surface area contributed by atoms with Crippen molar-refractivity contribution in [2.75, 3.05) is 0 Å². The molecule has 1 N–H and O–H groups in total. The highest BCUT2D eigenvalue weighted by molar-refractivity contribution is 6.35. The summed E-state index contributed by atoms with van der Waals surface area (Å²) in [5, 5.41) is 4.65. The number of rotatable bonds is 7. The van der Waals surface area contributed by atoms with E-state index in [0.29, 0.717) is 28.9 Å². The molecule has 3 rings (SSSR count). The summed E-state index contributed by atoms with van der Waals surface area (Å²) in [6.07, 6.45) is 0. The lowest BCUT2D eigenvalue weighted by Crippen LogP contribution is -2.18. The molecule has 0 heterocycles. The predicted octanol–water partition coefficient (Wildman–Crippen LogP) is 6.73. The quantitative estimate of drug-likeness (QED) is 0.475. The van der Waals surface area contributed by atoms with Gasteiger partial charge in [-0.3, -0.25) is 0 Å². The number of aryl methyl sites for hydroxylation is 1. The van der Waals surface area contributed by atoms with Gasteiger partial charge in [-0.25, -0.2) is 0 Å². The minimum atomic E-state index is 0.203. The molecule has 27 heavy (non-hydrogen) atoms. The van der Waals surface area contributed by atoms with Crippen LogP contribution in [-0.2, 0) is 13.2 Å². The number of benzene rings is 3. The smallest absolute Gasteiger partial charge is 0.142 e. The van der Waals surface area contributed by atoms with Gasteiger partial charge in [-0.05, 0) is 37.1 Å². The Kier molecular flexibility index (Phi) is 6.78. The number of hydrogen-bond donors (Lipinski definition) is 1. The van der Waals surface area contributed by atoms with Gasteiger partial charge in [0.2, 0.25) is 0 Å². The van der Waals surface area contributed by atoms with Gasteiger partial charge < -0.3 is 10.1 Å². The molecule has 0 aliphatic rings. The molecule has 0 radical (unpaired) electrons. The Morgan fingerprint density at radius 2 is 1.67 bits per heavy atom. The van der Waals surface area contributed by atoms with Gasteiger partial charge in [0.05, 0.1) is 5.02 Å². The average Bonchev–Trinajstić information content (AvgIpc) is 2.67. The first-order valence-electron chi connectivity index (χ1n) is 8.97. The van der Waals surface area contributed by atoms with Crippen LogP contribution in [0.3, 0.4) is 0 Å². The first-order chi connectivity index (χ1) is 13.0. The van der Waals surface area contributed by atoms with Gasteiger partial charge in [0.25, 0.3) is 0 Å². The molecule has 0 saturated carbocycles. The van der Waals surface area contributed by atoms with Crippen LogP contribution in [0.25, 0.3) is 0 Å². The molecular weight excluding hydrogens is 377 g/mol. The third-order valence-corrected chi connectivity index (χ3v) is 4.99. The van der Waals surface area contributed by atoms with Crippen molar-refractivity contribution >= 4 is 23.2 Å². The standard InChI is InChI=1S/C23H23Cl2NO/c1-16-8-10-18(11-9-16)15-27-23-20(12-21(24)13-22(23)25)14-26-17(2)19-6-4-3-5-7-19/h3-13,17,26H,14-15H2,1-2H3. The van der Waals surface area contributed by atoms with E-state index in [9.17, 15) is 0 Å². The van der Waals surface area contributed by atoms with Crippen LogP contribution >= 0.6 is 23.2 Å². The molecule has 0 saturated heterocycles. The van der Waals surface area contributed by atoms with E-state index >= 15 is 0 Å². The molecule has 1 unspecified atom stereocenters. The van der Waals surface area contributed by atoms with Crippen molar-refractivity contribution in [1.29, 1.82) is 0 Å². The summed E-state index contributed by atoms with van der Waals surface area (Å²) < 4.78 is 6.06. The zero-order valence-corrected chi connectivity index (χ0v) is 17.0. The van der Waals surface area contributed by atoms with Gasteiger partial charge in [0, 0.05) is 23.2 Å². The first-order valence-corrected chi connectivity index (χ1v) is 9.73. The maximum Gasteiger partial charge on any atom is 0.142 e. The number of ether oxygens (including phenoxy) is 1. The fraction of sp³-hybridized carbons (Fsp3) is 0.217. The van der Waals surface area contributed by atoms with Crippen LogP contribution in [0.1, 0.15) is 35.2 Å². The third-order valence-electron chi connectivity index (χ3n) is 4.49. The minimum absolute atomic E-state index is 0.203. The molecule has 0 amide bonds. The van der Waals surface area contributed by atoms with Gasteiger partial charge >= 0.3 is 0 Å². The van der Waals surface area contributed by atoms with Crippen LogP contribution in [-0.4, -0.2) is 0 Å². The van der Waals surface area contributed by atoms with Gasteiger partial charge in [0.1, 0.15) is 12.4 Å². The van der Waals surface area contributed by atoms with Crippen molar-refractivity contribution in [1.82, 2.24) is 5.32 Å². The highest BCUT2D eigenvalue weighted by atomic mass is 35.5. The van der Waals surface area contributed by atoms with E-state index in [1.54, 1.807) is 6.07 Å². The number of hydrogen-bond acceptors (Lipinski definition) is 2. The average molecular weight is 400 g/mol. The molecule has 0 aliphatic heterocycles. The van der Waals surface area contributed by atoms with Crippen LogP contribution in [0.4, 0.5) is 0 Å². The Hall–Kier alpha value is -2.00. The predicted molar refractivity (Wildman–Crippen MR) is 114 cm³/mol. The highest BCUT2D eigenvalue weighted by Crippen LogP contribution is 2.33. The number of nitrogens with one attached hydrogen (secondary N) is 1. The topological polar surface area (TPSA) is 21.3 Å². The second-order valence-electron chi connectivity index (χ2n) is 6.66. The Labute approximate surface area is 171 Å². The van der Waals surface area contributed by atoms with E-state index < -0.39 is 0 Å². The molecule has 2 nitrogen and oxygen atoms in total. The van der Waals surface area contributed by atoms with Crippen LogP contribution in [0.5, 0.6) is 5.75 Å². The summed E-state index contributed by atoms with van der Waals surface area (Å²) in [7, 11) is 0. The van der Waals surface area contributed by atoms with E-state index in [1.165, 1.54) is 11.1 Å². The Morgan fingerprint density at radius 1 is 0.963 bits per heavy atom. The van der Waals surface area contributed by atoms with Crippen molar-refractivity contribution < 1.29 is 4.74 Å². The van der Waals surface area contributed by atoms with E-state index in [1.807, 2.05) is 24.3 Å². The van der Waals surface area contributed by atoms with Crippen molar-refractivity contribution in [2.45, 2.75) is 33.0 Å². The highest BCUT2D eigenvalue weighted by Gasteiger charge is 2.13. The summed E-state index contributed by atoms with van der Waals surface area (Å²) in [6.45, 7) is 5.27. The van der Waals surface area contributed by atoms with E-state index in [-0.39, 0.29) is 6.04 Å². The van der Waals surface area contributed by atoms with Crippen LogP contribution in [0.2, 0.25) is 10.0 Å². The first kappa shape index (κ1) is 19.8. The molecule has 3 aromatic rings. The van der Waals surface area contributed by atoms with Crippen molar-refractivity contribution in [2.24, 2.45) is 0 Å². The zero-order valence-electron chi connectivity index (χ0n) is 15.5. The van der Waals surface area contributed by atoms with Gasteiger partial charge in [-0.1, -0.05) is 83.4 Å². The molecule has 4 heteroatoms. The Balaban J connectivity index is 1.73. The van der Waals surface area contributed by atoms with E-state index in [4.69, 9.17) is 27.9 Å². The number of halogens is 2. The van der Waals surface area contributed by atoms with Crippen molar-refractivity contribution in [3.63, 3.8) is 0 Å².